The molecule has 0 amide bonds. The van der Waals surface area contributed by atoms with Crippen molar-refractivity contribution in [1.82, 2.24) is 0 Å². The maximum Gasteiger partial charge on any atom is 0.123 e. The van der Waals surface area contributed by atoms with Crippen molar-refractivity contribution < 1.29 is 9.13 Å². The number of hydrogen-bond acceptors (Lipinski definition) is 1. The lowest BCUT2D eigenvalue weighted by Gasteiger charge is -2.11. The Hall–Kier alpha value is -1.05. The Kier molecular flexibility index (Phi) is 1.98. The minimum Gasteiger partial charge on any atom is -0.490 e. The third kappa shape index (κ3) is 1.30. The van der Waals surface area contributed by atoms with Gasteiger partial charge in [0, 0.05) is 11.5 Å². The smallest absolute Gasteiger partial charge is 0.123 e. The van der Waals surface area contributed by atoms with Crippen molar-refractivity contribution in [1.29, 1.82) is 0 Å². The van der Waals surface area contributed by atoms with E-state index in [1.54, 1.807) is 12.1 Å². The third-order valence-electron chi connectivity index (χ3n) is 2.69. The summed E-state index contributed by atoms with van der Waals surface area (Å²) in [6, 6.07) is 4.76. The molecule has 1 heterocycles. The van der Waals surface area contributed by atoms with E-state index in [9.17, 15) is 4.39 Å². The van der Waals surface area contributed by atoms with E-state index in [1.165, 1.54) is 6.07 Å². The number of ether oxygens (including phenoxy) is 1. The molecule has 0 radical (unpaired) electrons. The molecule has 1 aliphatic heterocycles. The van der Waals surface area contributed by atoms with Gasteiger partial charge in [-0.25, -0.2) is 4.39 Å². The molecule has 70 valence electrons. The summed E-state index contributed by atoms with van der Waals surface area (Å²) in [5.41, 5.74) is 1.02. The van der Waals surface area contributed by atoms with E-state index < -0.39 is 0 Å². The van der Waals surface area contributed by atoms with Gasteiger partial charge in [0.2, 0.25) is 0 Å². The number of benzene rings is 1. The summed E-state index contributed by atoms with van der Waals surface area (Å²) in [5.74, 6) is 1.03. The van der Waals surface area contributed by atoms with Gasteiger partial charge < -0.3 is 4.74 Å². The van der Waals surface area contributed by atoms with Gasteiger partial charge in [-0.1, -0.05) is 6.92 Å². The van der Waals surface area contributed by atoms with E-state index in [0.29, 0.717) is 5.92 Å². The summed E-state index contributed by atoms with van der Waals surface area (Å²) in [6.45, 7) is 4.14. The first-order chi connectivity index (χ1) is 6.22. The first-order valence-corrected chi connectivity index (χ1v) is 4.68. The molecule has 0 fully saturated rings. The van der Waals surface area contributed by atoms with Crippen molar-refractivity contribution in [2.45, 2.75) is 32.3 Å². The number of hydrogen-bond donors (Lipinski definition) is 0. The maximum atomic E-state index is 12.9. The second kappa shape index (κ2) is 3.02. The average molecular weight is 180 g/mol. The Morgan fingerprint density at radius 3 is 2.92 bits per heavy atom. The molecule has 1 aromatic carbocycles. The van der Waals surface area contributed by atoms with E-state index in [4.69, 9.17) is 4.74 Å². The first-order valence-electron chi connectivity index (χ1n) is 4.68. The average Bonchev–Trinajstić information content (AvgIpc) is 2.40. The summed E-state index contributed by atoms with van der Waals surface area (Å²) < 4.78 is 18.5. The monoisotopic (exact) mass is 180 g/mol. The van der Waals surface area contributed by atoms with E-state index in [2.05, 4.69) is 6.92 Å². The standard InChI is InChI=1S/C11H13FO/c1-3-9-7(2)13-11-5-4-8(12)6-10(9)11/h4-7,9H,3H2,1-2H3/t7?,9-/m1/s1. The largest absolute Gasteiger partial charge is 0.490 e. The van der Waals surface area contributed by atoms with Crippen molar-refractivity contribution in [2.24, 2.45) is 0 Å². The first kappa shape index (κ1) is 8.54. The Labute approximate surface area is 77.5 Å². The molecule has 0 N–H and O–H groups in total. The van der Waals surface area contributed by atoms with Crippen LogP contribution in [0.3, 0.4) is 0 Å². The fourth-order valence-electron chi connectivity index (χ4n) is 2.00. The quantitative estimate of drug-likeness (QED) is 0.645. The van der Waals surface area contributed by atoms with Crippen LogP contribution in [-0.4, -0.2) is 6.10 Å². The zero-order valence-corrected chi connectivity index (χ0v) is 7.88. The summed E-state index contributed by atoms with van der Waals surface area (Å²) in [6.07, 6.45) is 1.18. The van der Waals surface area contributed by atoms with E-state index in [0.717, 1.165) is 17.7 Å². The molecule has 1 aliphatic rings. The van der Waals surface area contributed by atoms with Crippen molar-refractivity contribution in [3.05, 3.63) is 29.6 Å². The number of halogens is 1. The van der Waals surface area contributed by atoms with E-state index >= 15 is 0 Å². The summed E-state index contributed by atoms with van der Waals surface area (Å²) in [5, 5.41) is 0. The zero-order chi connectivity index (χ0) is 9.42. The van der Waals surface area contributed by atoms with Crippen LogP contribution in [0.15, 0.2) is 18.2 Å². The molecular formula is C11H13FO. The maximum absolute atomic E-state index is 12.9. The van der Waals surface area contributed by atoms with Crippen molar-refractivity contribution >= 4 is 0 Å². The predicted octanol–water partition coefficient (Wildman–Crippen LogP) is 3.10. The van der Waals surface area contributed by atoms with Crippen LogP contribution in [0.5, 0.6) is 5.75 Å². The minimum atomic E-state index is -0.171. The molecule has 0 aliphatic carbocycles. The molecule has 1 aromatic rings. The molecule has 0 spiro atoms. The van der Waals surface area contributed by atoms with Gasteiger partial charge in [0.05, 0.1) is 0 Å². The van der Waals surface area contributed by atoms with Crippen LogP contribution >= 0.6 is 0 Å². The van der Waals surface area contributed by atoms with Crippen LogP contribution in [-0.2, 0) is 0 Å². The van der Waals surface area contributed by atoms with Gasteiger partial charge in [-0.3, -0.25) is 0 Å². The number of fused-ring (bicyclic) bond motifs is 1. The summed E-state index contributed by atoms with van der Waals surface area (Å²) in [4.78, 5) is 0. The molecule has 1 unspecified atom stereocenters. The Balaban J connectivity index is 2.44. The zero-order valence-electron chi connectivity index (χ0n) is 7.88. The predicted molar refractivity (Wildman–Crippen MR) is 49.5 cm³/mol. The van der Waals surface area contributed by atoms with E-state index in [-0.39, 0.29) is 11.9 Å². The van der Waals surface area contributed by atoms with Gasteiger partial charge in [0.1, 0.15) is 17.7 Å². The van der Waals surface area contributed by atoms with Crippen molar-refractivity contribution in [3.63, 3.8) is 0 Å². The van der Waals surface area contributed by atoms with Gasteiger partial charge >= 0.3 is 0 Å². The highest BCUT2D eigenvalue weighted by Crippen LogP contribution is 2.39. The SMILES string of the molecule is CC[C@H]1c2cc(F)ccc2OC1C. The van der Waals surface area contributed by atoms with Gasteiger partial charge in [-0.2, -0.15) is 0 Å². The second-order valence-electron chi connectivity index (χ2n) is 3.52. The van der Waals surface area contributed by atoms with Crippen LogP contribution in [0.25, 0.3) is 0 Å². The highest BCUT2D eigenvalue weighted by molar-refractivity contribution is 5.41. The van der Waals surface area contributed by atoms with Crippen LogP contribution in [0.1, 0.15) is 31.7 Å². The van der Waals surface area contributed by atoms with Crippen LogP contribution in [0.4, 0.5) is 4.39 Å². The lowest BCUT2D eigenvalue weighted by molar-refractivity contribution is 0.224. The highest BCUT2D eigenvalue weighted by Gasteiger charge is 2.29. The summed E-state index contributed by atoms with van der Waals surface area (Å²) in [7, 11) is 0. The highest BCUT2D eigenvalue weighted by atomic mass is 19.1. The molecular weight excluding hydrogens is 167 g/mol. The Bertz CT molecular complexity index is 322. The fourth-order valence-corrected chi connectivity index (χ4v) is 2.00. The molecule has 0 saturated heterocycles. The number of rotatable bonds is 1. The molecule has 2 rings (SSSR count). The fraction of sp³-hybridized carbons (Fsp3) is 0.455. The van der Waals surface area contributed by atoms with Crippen LogP contribution in [0.2, 0.25) is 0 Å². The van der Waals surface area contributed by atoms with Gasteiger partial charge in [-0.15, -0.1) is 0 Å². The van der Waals surface area contributed by atoms with Crippen LogP contribution < -0.4 is 4.74 Å². The minimum absolute atomic E-state index is 0.171. The van der Waals surface area contributed by atoms with Gasteiger partial charge in [0.25, 0.3) is 0 Å². The van der Waals surface area contributed by atoms with Gasteiger partial charge in [0.15, 0.2) is 0 Å². The molecule has 2 atom stereocenters. The Morgan fingerprint density at radius 2 is 2.23 bits per heavy atom. The topological polar surface area (TPSA) is 9.23 Å². The lowest BCUT2D eigenvalue weighted by atomic mass is 9.94. The van der Waals surface area contributed by atoms with E-state index in [1.807, 2.05) is 6.92 Å². The van der Waals surface area contributed by atoms with Crippen LogP contribution in [0, 0.1) is 5.82 Å². The van der Waals surface area contributed by atoms with Crippen molar-refractivity contribution in [3.8, 4) is 5.75 Å². The molecule has 0 saturated carbocycles. The second-order valence-corrected chi connectivity index (χ2v) is 3.52. The normalized spacial score (nSPS) is 25.5. The van der Waals surface area contributed by atoms with Crippen molar-refractivity contribution in [2.75, 3.05) is 0 Å². The summed E-state index contributed by atoms with van der Waals surface area (Å²) >= 11 is 0. The molecule has 1 nitrogen and oxygen atoms in total. The van der Waals surface area contributed by atoms with Gasteiger partial charge in [-0.05, 0) is 31.5 Å². The molecule has 0 bridgehead atoms. The molecule has 2 heteroatoms. The molecule has 13 heavy (non-hydrogen) atoms. The lowest BCUT2D eigenvalue weighted by Crippen LogP contribution is -2.12. The molecule has 0 aromatic heterocycles. The third-order valence-corrected chi connectivity index (χ3v) is 2.69. The Morgan fingerprint density at radius 1 is 1.46 bits per heavy atom.